The average Bonchev–Trinajstić information content (AvgIpc) is 2.12. The molecule has 0 spiro atoms. The van der Waals surface area contributed by atoms with Gasteiger partial charge in [-0.1, -0.05) is 6.92 Å². The van der Waals surface area contributed by atoms with Crippen molar-refractivity contribution in [1.82, 2.24) is 0 Å². The normalized spacial score (nSPS) is 12.2. The minimum absolute atomic E-state index is 0.0231. The lowest BCUT2D eigenvalue weighted by Gasteiger charge is -2.01. The van der Waals surface area contributed by atoms with Crippen LogP contribution < -0.4 is 5.73 Å². The zero-order chi connectivity index (χ0) is 14.1. The molecule has 9 heteroatoms. The molecular formula is C8H17NO7S. The number of nitrogens with two attached hydrogens (primary N) is 1. The number of aliphatic carboxylic acids is 2. The largest absolute Gasteiger partial charge is 0.481 e. The van der Waals surface area contributed by atoms with Crippen molar-refractivity contribution in [2.75, 3.05) is 5.75 Å². The predicted molar refractivity (Wildman–Crippen MR) is 59.2 cm³/mol. The first-order valence-corrected chi connectivity index (χ1v) is 6.36. The van der Waals surface area contributed by atoms with Crippen LogP contribution in [0.4, 0.5) is 0 Å². The van der Waals surface area contributed by atoms with Gasteiger partial charge < -0.3 is 15.9 Å². The van der Waals surface area contributed by atoms with E-state index >= 15 is 0 Å². The van der Waals surface area contributed by atoms with Crippen LogP contribution in [0.3, 0.4) is 0 Å². The molecule has 0 amide bonds. The molecular weight excluding hydrogens is 254 g/mol. The Hall–Kier alpha value is -1.19. The highest BCUT2D eigenvalue weighted by atomic mass is 32.2. The summed E-state index contributed by atoms with van der Waals surface area (Å²) in [4.78, 5) is 19.9. The zero-order valence-electron chi connectivity index (χ0n) is 9.37. The van der Waals surface area contributed by atoms with E-state index in [-0.39, 0.29) is 18.6 Å². The summed E-state index contributed by atoms with van der Waals surface area (Å²) in [5, 5.41) is 16.3. The molecule has 0 fully saturated rings. The van der Waals surface area contributed by atoms with Crippen molar-refractivity contribution in [3.8, 4) is 0 Å². The Balaban J connectivity index is 0. The maximum Gasteiger partial charge on any atom is 0.320 e. The smallest absolute Gasteiger partial charge is 0.320 e. The minimum Gasteiger partial charge on any atom is -0.481 e. The first-order chi connectivity index (χ1) is 7.60. The first kappa shape index (κ1) is 18.2. The fraction of sp³-hybridized carbons (Fsp3) is 0.750. The van der Waals surface area contributed by atoms with Crippen LogP contribution in [0.25, 0.3) is 0 Å². The molecule has 0 aliphatic heterocycles. The van der Waals surface area contributed by atoms with E-state index in [1.54, 1.807) is 6.92 Å². The molecule has 8 nitrogen and oxygen atoms in total. The molecule has 0 aromatic carbocycles. The molecule has 0 unspecified atom stereocenters. The van der Waals surface area contributed by atoms with Crippen molar-refractivity contribution in [3.05, 3.63) is 0 Å². The third-order valence-electron chi connectivity index (χ3n) is 1.45. The quantitative estimate of drug-likeness (QED) is 0.473. The number of carboxylic acids is 2. The molecule has 0 radical (unpaired) electrons. The lowest BCUT2D eigenvalue weighted by molar-refractivity contribution is -0.139. The maximum absolute atomic E-state index is 9.99. The third-order valence-corrected chi connectivity index (χ3v) is 2.37. The highest BCUT2D eigenvalue weighted by Crippen LogP contribution is 1.93. The van der Waals surface area contributed by atoms with Gasteiger partial charge >= 0.3 is 11.9 Å². The van der Waals surface area contributed by atoms with Crippen molar-refractivity contribution in [1.29, 1.82) is 0 Å². The van der Waals surface area contributed by atoms with E-state index in [9.17, 15) is 18.0 Å². The van der Waals surface area contributed by atoms with Crippen molar-refractivity contribution < 1.29 is 32.8 Å². The summed E-state index contributed by atoms with van der Waals surface area (Å²) in [5.41, 5.74) is 5.00. The standard InChI is InChI=1S/C5H9NO4.C3H8O3S/c6-3(5(9)10)1-2-4(7)8;1-2-3-7(4,5)6/h3H,1-2,6H2,(H,7,8)(H,9,10);2-3H2,1H3,(H,4,5,6)/t3-;/m0./s1. The first-order valence-electron chi connectivity index (χ1n) is 4.75. The van der Waals surface area contributed by atoms with Crippen molar-refractivity contribution in [2.45, 2.75) is 32.2 Å². The monoisotopic (exact) mass is 271 g/mol. The van der Waals surface area contributed by atoms with Gasteiger partial charge in [0.25, 0.3) is 10.1 Å². The molecule has 17 heavy (non-hydrogen) atoms. The topological polar surface area (TPSA) is 155 Å². The van der Waals surface area contributed by atoms with E-state index in [1.165, 1.54) is 0 Å². The number of rotatable bonds is 6. The third kappa shape index (κ3) is 17.4. The fourth-order valence-corrected chi connectivity index (χ4v) is 1.18. The molecule has 0 aromatic rings. The van der Waals surface area contributed by atoms with Gasteiger partial charge in [0.15, 0.2) is 0 Å². The average molecular weight is 271 g/mol. The van der Waals surface area contributed by atoms with Gasteiger partial charge in [0.2, 0.25) is 0 Å². The summed E-state index contributed by atoms with van der Waals surface area (Å²) in [6.07, 6.45) is 0.247. The molecule has 5 N–H and O–H groups in total. The van der Waals surface area contributed by atoms with Gasteiger partial charge in [-0.15, -0.1) is 0 Å². The van der Waals surface area contributed by atoms with Crippen LogP contribution in [-0.4, -0.2) is 46.9 Å². The molecule has 0 bridgehead atoms. The molecule has 0 saturated heterocycles. The van der Waals surface area contributed by atoms with E-state index in [4.69, 9.17) is 20.5 Å². The van der Waals surface area contributed by atoms with Crippen molar-refractivity contribution in [3.63, 3.8) is 0 Å². The number of hydrogen-bond acceptors (Lipinski definition) is 5. The summed E-state index contributed by atoms with van der Waals surface area (Å²) in [7, 11) is -3.67. The van der Waals surface area contributed by atoms with E-state index in [0.717, 1.165) is 0 Å². The van der Waals surface area contributed by atoms with Gasteiger partial charge in [0.1, 0.15) is 6.04 Å². The molecule has 0 aliphatic rings. The van der Waals surface area contributed by atoms with Crippen LogP contribution in [0, 0.1) is 0 Å². The molecule has 1 atom stereocenters. The summed E-state index contributed by atoms with van der Waals surface area (Å²) >= 11 is 0. The van der Waals surface area contributed by atoms with Crippen LogP contribution in [0.1, 0.15) is 26.2 Å². The SMILES string of the molecule is CCCS(=O)(=O)O.N[C@@H](CCC(=O)O)C(=O)O. The number of hydrogen-bond donors (Lipinski definition) is 4. The highest BCUT2D eigenvalue weighted by molar-refractivity contribution is 7.85. The van der Waals surface area contributed by atoms with Gasteiger partial charge in [-0.3, -0.25) is 14.1 Å². The van der Waals surface area contributed by atoms with E-state index in [2.05, 4.69) is 0 Å². The van der Waals surface area contributed by atoms with Gasteiger partial charge in [-0.2, -0.15) is 8.42 Å². The Labute approximate surface area is 99.2 Å². The Morgan fingerprint density at radius 3 is 1.94 bits per heavy atom. The van der Waals surface area contributed by atoms with Gasteiger partial charge in [-0.05, 0) is 12.8 Å². The predicted octanol–water partition coefficient (Wildman–Crippen LogP) is -0.453. The number of carboxylic acid groups (broad SMARTS) is 2. The second kappa shape index (κ2) is 8.90. The van der Waals surface area contributed by atoms with Crippen LogP contribution in [0.2, 0.25) is 0 Å². The summed E-state index contributed by atoms with van der Waals surface area (Å²) in [5.74, 6) is -2.33. The maximum atomic E-state index is 9.99. The molecule has 0 heterocycles. The second-order valence-electron chi connectivity index (χ2n) is 3.16. The summed E-state index contributed by atoms with van der Waals surface area (Å²) < 4.78 is 27.6. The van der Waals surface area contributed by atoms with E-state index in [0.29, 0.717) is 6.42 Å². The Morgan fingerprint density at radius 1 is 1.29 bits per heavy atom. The van der Waals surface area contributed by atoms with Crippen molar-refractivity contribution in [2.24, 2.45) is 5.73 Å². The van der Waals surface area contributed by atoms with E-state index < -0.39 is 28.1 Å². The molecule has 0 aliphatic carbocycles. The number of carbonyl (C=O) groups is 2. The highest BCUT2D eigenvalue weighted by Gasteiger charge is 2.12. The van der Waals surface area contributed by atoms with Gasteiger partial charge in [0.05, 0.1) is 5.75 Å². The molecule has 0 saturated carbocycles. The van der Waals surface area contributed by atoms with Crippen LogP contribution in [0.5, 0.6) is 0 Å². The van der Waals surface area contributed by atoms with Crippen LogP contribution in [-0.2, 0) is 19.7 Å². The molecule has 102 valence electrons. The van der Waals surface area contributed by atoms with Crippen LogP contribution in [0.15, 0.2) is 0 Å². The Kier molecular flexibility index (Phi) is 9.52. The fourth-order valence-electron chi connectivity index (χ4n) is 0.660. The molecule has 0 rings (SSSR count). The minimum atomic E-state index is -3.67. The summed E-state index contributed by atoms with van der Waals surface area (Å²) in [6, 6.07) is -1.06. The zero-order valence-corrected chi connectivity index (χ0v) is 10.2. The summed E-state index contributed by atoms with van der Waals surface area (Å²) in [6.45, 7) is 1.69. The van der Waals surface area contributed by atoms with E-state index in [1.807, 2.05) is 0 Å². The van der Waals surface area contributed by atoms with Crippen LogP contribution >= 0.6 is 0 Å². The van der Waals surface area contributed by atoms with Gasteiger partial charge in [-0.25, -0.2) is 0 Å². The lowest BCUT2D eigenvalue weighted by Crippen LogP contribution is -2.30. The Bertz CT molecular complexity index is 338. The van der Waals surface area contributed by atoms with Crippen molar-refractivity contribution >= 4 is 22.1 Å². The lowest BCUT2D eigenvalue weighted by atomic mass is 10.2. The van der Waals surface area contributed by atoms with Gasteiger partial charge in [0, 0.05) is 6.42 Å². The molecule has 0 aromatic heterocycles. The second-order valence-corrected chi connectivity index (χ2v) is 4.74. The Morgan fingerprint density at radius 2 is 1.76 bits per heavy atom.